The van der Waals surface area contributed by atoms with Crippen molar-refractivity contribution in [3.63, 3.8) is 0 Å². The monoisotopic (exact) mass is 544 g/mol. The predicted octanol–water partition coefficient (Wildman–Crippen LogP) is 5.23. The second-order valence-electron chi connectivity index (χ2n) is 10.3. The lowest BCUT2D eigenvalue weighted by Crippen LogP contribution is -2.66. The van der Waals surface area contributed by atoms with Crippen molar-refractivity contribution in [3.8, 4) is 0 Å². The van der Waals surface area contributed by atoms with Gasteiger partial charge in [0.15, 0.2) is 16.1 Å². The van der Waals surface area contributed by atoms with E-state index in [1.165, 1.54) is 41.9 Å². The van der Waals surface area contributed by atoms with E-state index in [0.717, 1.165) is 0 Å². The Morgan fingerprint density at radius 3 is 0.850 bits per heavy atom. The van der Waals surface area contributed by atoms with Gasteiger partial charge < -0.3 is 0 Å². The molecule has 0 aromatic heterocycles. The minimum absolute atomic E-state index is 1.25. The van der Waals surface area contributed by atoms with E-state index in [0.29, 0.717) is 0 Å². The number of fused-ring (bicyclic) bond motifs is 1. The van der Waals surface area contributed by atoms with Crippen molar-refractivity contribution in [2.24, 2.45) is 0 Å². The fourth-order valence-electron chi connectivity index (χ4n) is 6.25. The summed E-state index contributed by atoms with van der Waals surface area (Å²) in [5.74, 6) is 0. The van der Waals surface area contributed by atoms with Gasteiger partial charge in [-0.25, -0.2) is 0 Å². The fraction of sp³-hybridized carbons (Fsp3) is 0. The summed E-state index contributed by atoms with van der Waals surface area (Å²) in [4.78, 5) is 0. The predicted molar refractivity (Wildman–Crippen MR) is 179 cm³/mol. The van der Waals surface area contributed by atoms with Crippen LogP contribution >= 0.6 is 0 Å². The molecule has 0 heterocycles. The van der Waals surface area contributed by atoms with Gasteiger partial charge in [-0.2, -0.15) is 0 Å². The van der Waals surface area contributed by atoms with Gasteiger partial charge in [-0.05, 0) is 41.9 Å². The second-order valence-corrected chi connectivity index (χ2v) is 17.8. The largest absolute Gasteiger partial charge is 0.171 e. The molecule has 0 spiro atoms. The van der Waals surface area contributed by atoms with E-state index in [9.17, 15) is 0 Å². The lowest BCUT2D eigenvalue weighted by molar-refractivity contribution is 1.69. The van der Waals surface area contributed by atoms with Gasteiger partial charge in [0, 0.05) is 0 Å². The van der Waals surface area contributed by atoms with Gasteiger partial charge in [-0.1, -0.05) is 169 Å². The first-order chi connectivity index (χ1) is 19.7. The van der Waals surface area contributed by atoms with E-state index < -0.39 is 16.1 Å². The van der Waals surface area contributed by atoms with E-state index in [1.54, 1.807) is 0 Å². The fourth-order valence-corrected chi connectivity index (χ4v) is 14.0. The number of rotatable bonds is 8. The molecule has 0 aliphatic carbocycles. The van der Waals surface area contributed by atoms with Crippen LogP contribution in [0.25, 0.3) is 10.8 Å². The molecule has 192 valence electrons. The molecule has 0 saturated heterocycles. The summed E-state index contributed by atoms with van der Waals surface area (Å²) >= 11 is 0. The average molecular weight is 545 g/mol. The Labute approximate surface area is 239 Å². The molecule has 0 aliphatic rings. The van der Waals surface area contributed by atoms with Crippen molar-refractivity contribution in [1.29, 1.82) is 0 Å². The zero-order valence-corrected chi connectivity index (χ0v) is 24.6. The van der Waals surface area contributed by atoms with Crippen LogP contribution in [-0.2, 0) is 0 Å². The molecule has 0 unspecified atom stereocenters. The third-order valence-corrected chi connectivity index (χ3v) is 16.9. The number of benzene rings is 6. The molecule has 0 nitrogen and oxygen atoms in total. The summed E-state index contributed by atoms with van der Waals surface area (Å²) in [5.41, 5.74) is 4.46. The van der Waals surface area contributed by atoms with Crippen LogP contribution < -0.4 is 31.1 Å². The van der Waals surface area contributed by atoms with E-state index >= 15 is 0 Å². The van der Waals surface area contributed by atoms with E-state index in [-0.39, 0.29) is 0 Å². The normalized spacial score (nSPS) is 11.7. The summed E-state index contributed by atoms with van der Waals surface area (Å²) in [5, 5.41) is 10.6. The first-order valence-corrected chi connectivity index (χ1v) is 17.9. The van der Waals surface area contributed by atoms with E-state index in [4.69, 9.17) is 0 Å². The van der Waals surface area contributed by atoms with Crippen LogP contribution in [0.15, 0.2) is 182 Å². The molecule has 0 fully saturated rings. The molecule has 6 aromatic carbocycles. The van der Waals surface area contributed by atoms with Crippen LogP contribution in [-0.4, -0.2) is 16.1 Å². The highest BCUT2D eigenvalue weighted by atomic mass is 28.3. The molecule has 0 atom stereocenters. The Bertz CT molecular complexity index is 1550. The maximum Gasteiger partial charge on any atom is 0.171 e. The third kappa shape index (κ3) is 4.22. The summed E-state index contributed by atoms with van der Waals surface area (Å²) < 4.78 is 0. The molecule has 40 heavy (non-hydrogen) atoms. The van der Waals surface area contributed by atoms with Gasteiger partial charge >= 0.3 is 0 Å². The maximum absolute atomic E-state index is 4.42. The van der Waals surface area contributed by atoms with E-state index in [1.807, 2.05) is 0 Å². The lowest BCUT2D eigenvalue weighted by atomic mass is 10.1. The SMILES string of the molecule is C=C[Si](c1ccccc1)(c1ccccc1)c1ccc2cc([Si](C=C)(c3ccccc3)c3ccccc3)ccc2c1. The summed E-state index contributed by atoms with van der Waals surface area (Å²) in [6.07, 6.45) is 0. The summed E-state index contributed by atoms with van der Waals surface area (Å²) in [6, 6.07) is 57.7. The Balaban J connectivity index is 1.55. The molecule has 0 saturated carbocycles. The summed E-state index contributed by atoms with van der Waals surface area (Å²) in [7, 11) is -4.84. The molecule has 0 bridgehead atoms. The van der Waals surface area contributed by atoms with Crippen LogP contribution in [0.2, 0.25) is 0 Å². The third-order valence-electron chi connectivity index (χ3n) is 8.28. The molecular formula is C38H32Si2. The molecule has 0 amide bonds. The smallest absolute Gasteiger partial charge is 0.106 e. The standard InChI is InChI=1S/C38H32Si2/c1-3-39(33-17-9-5-10-18-33,34-19-11-6-12-20-34)37-27-25-32-30-38(28-26-31(32)29-37)40(4-2,35-21-13-7-14-22-35)36-23-15-8-16-24-36/h3-30H,1-2H2. The molecule has 6 rings (SSSR count). The summed E-state index contributed by atoms with van der Waals surface area (Å²) in [6.45, 7) is 8.85. The van der Waals surface area contributed by atoms with Crippen molar-refractivity contribution < 1.29 is 0 Å². The molecule has 0 radical (unpaired) electrons. The van der Waals surface area contributed by atoms with Gasteiger partial charge in [0.1, 0.15) is 0 Å². The van der Waals surface area contributed by atoms with Crippen LogP contribution in [0.3, 0.4) is 0 Å². The van der Waals surface area contributed by atoms with Crippen molar-refractivity contribution >= 4 is 58.0 Å². The quantitative estimate of drug-likeness (QED) is 0.182. The zero-order chi connectivity index (χ0) is 27.4. The van der Waals surface area contributed by atoms with E-state index in [2.05, 4.69) is 182 Å². The van der Waals surface area contributed by atoms with Gasteiger partial charge in [-0.15, -0.1) is 13.2 Å². The van der Waals surface area contributed by atoms with Gasteiger partial charge in [0.25, 0.3) is 0 Å². The topological polar surface area (TPSA) is 0 Å². The Kier molecular flexibility index (Phi) is 7.04. The van der Waals surface area contributed by atoms with Gasteiger partial charge in [-0.3, -0.25) is 0 Å². The van der Waals surface area contributed by atoms with Crippen molar-refractivity contribution in [1.82, 2.24) is 0 Å². The molecule has 0 aliphatic heterocycles. The molecule has 2 heteroatoms. The molecular weight excluding hydrogens is 513 g/mol. The van der Waals surface area contributed by atoms with Crippen LogP contribution in [0.5, 0.6) is 0 Å². The first kappa shape index (κ1) is 25.8. The van der Waals surface area contributed by atoms with Crippen molar-refractivity contribution in [2.75, 3.05) is 0 Å². The van der Waals surface area contributed by atoms with Crippen LogP contribution in [0.1, 0.15) is 0 Å². The molecule has 0 N–H and O–H groups in total. The Hall–Kier alpha value is -4.51. The number of hydrogen-bond acceptors (Lipinski definition) is 0. The highest BCUT2D eigenvalue weighted by molar-refractivity contribution is 7.15. The average Bonchev–Trinajstić information content (AvgIpc) is 3.04. The zero-order valence-electron chi connectivity index (χ0n) is 22.6. The highest BCUT2D eigenvalue weighted by Gasteiger charge is 2.38. The van der Waals surface area contributed by atoms with Gasteiger partial charge in [0.2, 0.25) is 0 Å². The van der Waals surface area contributed by atoms with Crippen LogP contribution in [0.4, 0.5) is 0 Å². The first-order valence-electron chi connectivity index (χ1n) is 13.8. The Morgan fingerprint density at radius 1 is 0.325 bits per heavy atom. The highest BCUT2D eigenvalue weighted by Crippen LogP contribution is 2.18. The minimum Gasteiger partial charge on any atom is -0.106 e. The number of hydrogen-bond donors (Lipinski definition) is 0. The van der Waals surface area contributed by atoms with Crippen molar-refractivity contribution in [2.45, 2.75) is 0 Å². The lowest BCUT2D eigenvalue weighted by Gasteiger charge is -2.31. The van der Waals surface area contributed by atoms with Crippen LogP contribution in [0, 0.1) is 0 Å². The molecule has 6 aromatic rings. The second kappa shape index (κ2) is 10.9. The van der Waals surface area contributed by atoms with Gasteiger partial charge in [0.05, 0.1) is 0 Å². The van der Waals surface area contributed by atoms with Crippen molar-refractivity contribution in [3.05, 3.63) is 182 Å². The Morgan fingerprint density at radius 2 is 0.600 bits per heavy atom. The maximum atomic E-state index is 4.42. The minimum atomic E-state index is -2.42.